The number of aromatic nitrogens is 1. The van der Waals surface area contributed by atoms with Gasteiger partial charge in [0.05, 0.1) is 22.7 Å². The predicted molar refractivity (Wildman–Crippen MR) is 54.6 cm³/mol. The largest absolute Gasteiger partial charge is 0.504 e. The highest BCUT2D eigenvalue weighted by Gasteiger charge is 2.20. The van der Waals surface area contributed by atoms with Crippen LogP contribution < -0.4 is 5.73 Å². The van der Waals surface area contributed by atoms with Crippen molar-refractivity contribution in [3.05, 3.63) is 34.3 Å². The molecule has 2 rings (SSSR count). The van der Waals surface area contributed by atoms with Crippen LogP contribution in [-0.2, 0) is 0 Å². The fourth-order valence-electron chi connectivity index (χ4n) is 1.35. The molecule has 1 aromatic heterocycles. The molecule has 1 heterocycles. The monoisotopic (exact) mass is 239 g/mol. The normalized spacial score (nSPS) is 10.4. The summed E-state index contributed by atoms with van der Waals surface area (Å²) in [5, 5.41) is 23.4. The second kappa shape index (κ2) is 3.74. The van der Waals surface area contributed by atoms with Gasteiger partial charge in [0.2, 0.25) is 5.88 Å². The number of rotatable bonds is 2. The Kier molecular flexibility index (Phi) is 2.39. The molecule has 17 heavy (non-hydrogen) atoms. The summed E-state index contributed by atoms with van der Waals surface area (Å²) in [6.45, 7) is 0. The Balaban J connectivity index is 2.69. The van der Waals surface area contributed by atoms with Gasteiger partial charge in [0, 0.05) is 11.6 Å². The van der Waals surface area contributed by atoms with E-state index in [-0.39, 0.29) is 17.0 Å². The minimum atomic E-state index is -1.12. The Bertz CT molecular complexity index is 596. The molecular weight excluding hydrogens is 233 g/mol. The van der Waals surface area contributed by atoms with Crippen LogP contribution in [0.25, 0.3) is 11.1 Å². The molecule has 1 aromatic carbocycles. The molecule has 0 radical (unpaired) electrons. The van der Waals surface area contributed by atoms with Crippen molar-refractivity contribution in [2.75, 3.05) is 5.73 Å². The number of non-ortho nitro benzene ring substituents is 1. The third kappa shape index (κ3) is 1.75. The van der Waals surface area contributed by atoms with E-state index < -0.39 is 22.2 Å². The molecule has 0 unspecified atom stereocenters. The van der Waals surface area contributed by atoms with E-state index in [0.717, 1.165) is 12.3 Å². The van der Waals surface area contributed by atoms with Crippen LogP contribution in [0.3, 0.4) is 0 Å². The molecule has 0 bridgehead atoms. The van der Waals surface area contributed by atoms with Crippen molar-refractivity contribution in [3.63, 3.8) is 0 Å². The van der Waals surface area contributed by atoms with Crippen LogP contribution in [0.15, 0.2) is 22.9 Å². The minimum absolute atomic E-state index is 0.0881. The Morgan fingerprint density at radius 3 is 2.71 bits per heavy atom. The first kappa shape index (κ1) is 10.9. The molecule has 0 aliphatic heterocycles. The van der Waals surface area contributed by atoms with Gasteiger partial charge in [-0.3, -0.25) is 10.1 Å². The van der Waals surface area contributed by atoms with Crippen molar-refractivity contribution in [1.82, 2.24) is 5.16 Å². The second-order valence-corrected chi connectivity index (χ2v) is 3.18. The summed E-state index contributed by atoms with van der Waals surface area (Å²) in [4.78, 5) is 9.78. The summed E-state index contributed by atoms with van der Waals surface area (Å²) in [7, 11) is 0. The molecule has 0 aliphatic carbocycles. The Morgan fingerprint density at radius 1 is 1.47 bits per heavy atom. The molecule has 0 atom stereocenters. The zero-order valence-corrected chi connectivity index (χ0v) is 8.25. The number of nitrogen functional groups attached to an aromatic ring is 1. The van der Waals surface area contributed by atoms with E-state index in [9.17, 15) is 19.6 Å². The Hall–Kier alpha value is -2.64. The van der Waals surface area contributed by atoms with Crippen LogP contribution >= 0.6 is 0 Å². The van der Waals surface area contributed by atoms with E-state index in [1.165, 1.54) is 0 Å². The lowest BCUT2D eigenvalue weighted by Crippen LogP contribution is -1.93. The number of aromatic hydroxyl groups is 1. The standard InChI is InChI=1S/C9H6FN3O4/c10-7-2-4(13(15)16)1-5(8(7)14)6-3-12-17-9(6)11/h1-3,14H,11H2. The maximum atomic E-state index is 13.3. The molecule has 8 heteroatoms. The van der Waals surface area contributed by atoms with E-state index in [1.807, 2.05) is 0 Å². The van der Waals surface area contributed by atoms with Gasteiger partial charge in [0.15, 0.2) is 11.6 Å². The zero-order chi connectivity index (χ0) is 12.6. The lowest BCUT2D eigenvalue weighted by molar-refractivity contribution is -0.385. The van der Waals surface area contributed by atoms with Gasteiger partial charge >= 0.3 is 0 Å². The molecule has 0 aliphatic rings. The summed E-state index contributed by atoms with van der Waals surface area (Å²) in [6.07, 6.45) is 1.13. The van der Waals surface area contributed by atoms with E-state index in [2.05, 4.69) is 9.68 Å². The number of nitrogens with zero attached hydrogens (tertiary/aromatic N) is 2. The van der Waals surface area contributed by atoms with Crippen LogP contribution in [0.1, 0.15) is 0 Å². The Morgan fingerprint density at radius 2 is 2.18 bits per heavy atom. The van der Waals surface area contributed by atoms with Crippen LogP contribution in [0.5, 0.6) is 5.75 Å². The van der Waals surface area contributed by atoms with Crippen LogP contribution in [0.4, 0.5) is 16.0 Å². The van der Waals surface area contributed by atoms with Gasteiger partial charge in [-0.25, -0.2) is 4.39 Å². The molecule has 0 saturated heterocycles. The van der Waals surface area contributed by atoms with Crippen LogP contribution in [-0.4, -0.2) is 15.2 Å². The SMILES string of the molecule is Nc1oncc1-c1cc([N+](=O)[O-])cc(F)c1O. The van der Waals surface area contributed by atoms with Gasteiger partial charge in [-0.2, -0.15) is 0 Å². The van der Waals surface area contributed by atoms with Crippen molar-refractivity contribution in [2.45, 2.75) is 0 Å². The molecular formula is C9H6FN3O4. The first-order valence-electron chi connectivity index (χ1n) is 4.38. The molecule has 2 aromatic rings. The van der Waals surface area contributed by atoms with E-state index >= 15 is 0 Å². The molecule has 0 amide bonds. The van der Waals surface area contributed by atoms with Crippen molar-refractivity contribution in [2.24, 2.45) is 0 Å². The number of halogens is 1. The summed E-state index contributed by atoms with van der Waals surface area (Å²) in [5.74, 6) is -2.03. The van der Waals surface area contributed by atoms with Crippen molar-refractivity contribution < 1.29 is 18.9 Å². The van der Waals surface area contributed by atoms with Crippen molar-refractivity contribution in [1.29, 1.82) is 0 Å². The molecule has 0 fully saturated rings. The van der Waals surface area contributed by atoms with Gasteiger partial charge in [0.1, 0.15) is 0 Å². The molecule has 7 nitrogen and oxygen atoms in total. The van der Waals surface area contributed by atoms with Gasteiger partial charge in [0.25, 0.3) is 5.69 Å². The van der Waals surface area contributed by atoms with E-state index in [1.54, 1.807) is 0 Å². The minimum Gasteiger partial charge on any atom is -0.504 e. The molecule has 88 valence electrons. The number of phenols is 1. The number of benzene rings is 1. The molecule has 0 saturated carbocycles. The molecule has 0 spiro atoms. The summed E-state index contributed by atoms with van der Waals surface area (Å²) < 4.78 is 17.8. The third-order valence-electron chi connectivity index (χ3n) is 2.15. The number of hydrogen-bond donors (Lipinski definition) is 2. The van der Waals surface area contributed by atoms with Crippen molar-refractivity contribution in [3.8, 4) is 16.9 Å². The quantitative estimate of drug-likeness (QED) is 0.608. The van der Waals surface area contributed by atoms with Gasteiger partial charge < -0.3 is 15.4 Å². The van der Waals surface area contributed by atoms with E-state index in [0.29, 0.717) is 6.07 Å². The molecule has 3 N–H and O–H groups in total. The number of anilines is 1. The topological polar surface area (TPSA) is 115 Å². The fourth-order valence-corrected chi connectivity index (χ4v) is 1.35. The van der Waals surface area contributed by atoms with Crippen molar-refractivity contribution >= 4 is 11.6 Å². The smallest absolute Gasteiger partial charge is 0.273 e. The van der Waals surface area contributed by atoms with Crippen LogP contribution in [0.2, 0.25) is 0 Å². The number of phenolic OH excluding ortho intramolecular Hbond substituents is 1. The summed E-state index contributed by atoms with van der Waals surface area (Å²) >= 11 is 0. The van der Waals surface area contributed by atoms with Gasteiger partial charge in [-0.1, -0.05) is 5.16 Å². The summed E-state index contributed by atoms with van der Waals surface area (Å²) in [5.41, 5.74) is 4.83. The summed E-state index contributed by atoms with van der Waals surface area (Å²) in [6, 6.07) is 1.60. The highest BCUT2D eigenvalue weighted by atomic mass is 19.1. The maximum Gasteiger partial charge on any atom is 0.273 e. The van der Waals surface area contributed by atoms with Crippen LogP contribution in [0, 0.1) is 15.9 Å². The highest BCUT2D eigenvalue weighted by molar-refractivity contribution is 5.78. The first-order valence-corrected chi connectivity index (χ1v) is 4.38. The predicted octanol–water partition coefficient (Wildman–Crippen LogP) is 1.68. The lowest BCUT2D eigenvalue weighted by atomic mass is 10.1. The highest BCUT2D eigenvalue weighted by Crippen LogP contribution is 2.37. The number of nitro groups is 1. The average molecular weight is 239 g/mol. The number of nitrogens with two attached hydrogens (primary N) is 1. The Labute approximate surface area is 93.4 Å². The maximum absolute atomic E-state index is 13.3. The van der Waals surface area contributed by atoms with Gasteiger partial charge in [-0.05, 0) is 0 Å². The average Bonchev–Trinajstić information content (AvgIpc) is 2.68. The number of nitro benzene ring substituents is 1. The lowest BCUT2D eigenvalue weighted by Gasteiger charge is -2.03. The van der Waals surface area contributed by atoms with E-state index in [4.69, 9.17) is 5.73 Å². The van der Waals surface area contributed by atoms with Gasteiger partial charge in [-0.15, -0.1) is 0 Å². The number of hydrogen-bond acceptors (Lipinski definition) is 6. The zero-order valence-electron chi connectivity index (χ0n) is 8.25. The first-order chi connectivity index (χ1) is 8.00. The third-order valence-corrected chi connectivity index (χ3v) is 2.15. The second-order valence-electron chi connectivity index (χ2n) is 3.18. The fraction of sp³-hybridized carbons (Fsp3) is 0.